The number of terminal acetylenes is 1. The van der Waals surface area contributed by atoms with E-state index in [-0.39, 0.29) is 5.41 Å². The Balaban J connectivity index is 3.17. The van der Waals surface area contributed by atoms with E-state index in [2.05, 4.69) is 33.6 Å². The second-order valence-electron chi connectivity index (χ2n) is 5.42. The topological polar surface area (TPSA) is 29.5 Å². The number of hydrogen-bond acceptors (Lipinski definition) is 2. The fraction of sp³-hybridized carbons (Fsp3) is 0.500. The van der Waals surface area contributed by atoms with Crippen molar-refractivity contribution in [3.8, 4) is 18.1 Å². The van der Waals surface area contributed by atoms with Crippen molar-refractivity contribution in [2.45, 2.75) is 45.6 Å². The van der Waals surface area contributed by atoms with Crippen LogP contribution in [0, 0.1) is 12.3 Å². The van der Waals surface area contributed by atoms with Gasteiger partial charge < -0.3 is 9.84 Å². The first-order valence-corrected chi connectivity index (χ1v) is 6.31. The van der Waals surface area contributed by atoms with Gasteiger partial charge in [0.25, 0.3) is 0 Å². The summed E-state index contributed by atoms with van der Waals surface area (Å²) < 4.78 is 5.75. The summed E-state index contributed by atoms with van der Waals surface area (Å²) in [5.41, 5.74) is 1.77. The minimum Gasteiger partial charge on any atom is -0.493 e. The summed E-state index contributed by atoms with van der Waals surface area (Å²) >= 11 is 0. The van der Waals surface area contributed by atoms with Crippen LogP contribution in [0.3, 0.4) is 0 Å². The molecule has 2 nitrogen and oxygen atoms in total. The zero-order valence-corrected chi connectivity index (χ0v) is 11.7. The minimum atomic E-state index is -0.855. The third-order valence-electron chi connectivity index (χ3n) is 2.75. The van der Waals surface area contributed by atoms with E-state index in [1.807, 2.05) is 18.2 Å². The van der Waals surface area contributed by atoms with Gasteiger partial charge in [-0.25, -0.2) is 0 Å². The summed E-state index contributed by atoms with van der Waals surface area (Å²) in [6.07, 6.45) is 5.37. The third kappa shape index (κ3) is 3.51. The lowest BCUT2D eigenvalue weighted by molar-refractivity contribution is 0.238. The van der Waals surface area contributed by atoms with Crippen molar-refractivity contribution in [3.05, 3.63) is 29.3 Å². The van der Waals surface area contributed by atoms with Crippen LogP contribution in [0.4, 0.5) is 0 Å². The summed E-state index contributed by atoms with van der Waals surface area (Å²) in [4.78, 5) is 0. The van der Waals surface area contributed by atoms with Crippen LogP contribution in [-0.2, 0) is 5.41 Å². The molecule has 0 aliphatic rings. The van der Waals surface area contributed by atoms with Crippen LogP contribution in [-0.4, -0.2) is 11.7 Å². The Labute approximate surface area is 110 Å². The summed E-state index contributed by atoms with van der Waals surface area (Å²) in [6.45, 7) is 9.13. The average molecular weight is 246 g/mol. The fourth-order valence-electron chi connectivity index (χ4n) is 1.74. The Hall–Kier alpha value is -1.46. The first kappa shape index (κ1) is 14.6. The maximum atomic E-state index is 9.71. The molecule has 0 amide bonds. The Morgan fingerprint density at radius 3 is 2.56 bits per heavy atom. The van der Waals surface area contributed by atoms with Crippen molar-refractivity contribution in [1.82, 2.24) is 0 Å². The minimum absolute atomic E-state index is 0.0482. The van der Waals surface area contributed by atoms with Crippen LogP contribution in [0.25, 0.3) is 0 Å². The molecule has 0 aliphatic heterocycles. The van der Waals surface area contributed by atoms with E-state index < -0.39 is 6.10 Å². The molecule has 18 heavy (non-hydrogen) atoms. The van der Waals surface area contributed by atoms with Crippen LogP contribution >= 0.6 is 0 Å². The number of benzene rings is 1. The molecule has 0 fully saturated rings. The normalized spacial score (nSPS) is 12.9. The molecule has 0 radical (unpaired) electrons. The molecule has 1 atom stereocenters. The standard InChI is InChI=1S/C16H22O2/c1-6-10-18-15-9-8-12(14(17)7-2)11-13(15)16(3,4)5/h2,8-9,11,14,17H,6,10H2,1,3-5H3. The maximum absolute atomic E-state index is 9.71. The largest absolute Gasteiger partial charge is 0.493 e. The van der Waals surface area contributed by atoms with E-state index in [0.29, 0.717) is 6.61 Å². The van der Waals surface area contributed by atoms with Gasteiger partial charge in [-0.05, 0) is 35.1 Å². The lowest BCUT2D eigenvalue weighted by atomic mass is 9.85. The first-order chi connectivity index (χ1) is 8.40. The van der Waals surface area contributed by atoms with E-state index in [9.17, 15) is 5.11 Å². The van der Waals surface area contributed by atoms with Gasteiger partial charge in [0.15, 0.2) is 0 Å². The van der Waals surface area contributed by atoms with E-state index in [4.69, 9.17) is 11.2 Å². The molecule has 1 aromatic carbocycles. The van der Waals surface area contributed by atoms with E-state index >= 15 is 0 Å². The van der Waals surface area contributed by atoms with Crippen molar-refractivity contribution in [1.29, 1.82) is 0 Å². The van der Waals surface area contributed by atoms with Gasteiger partial charge in [-0.1, -0.05) is 39.7 Å². The highest BCUT2D eigenvalue weighted by atomic mass is 16.5. The van der Waals surface area contributed by atoms with Gasteiger partial charge in [0.05, 0.1) is 6.61 Å². The molecule has 0 aliphatic carbocycles. The van der Waals surface area contributed by atoms with Gasteiger partial charge in [-0.15, -0.1) is 6.42 Å². The highest BCUT2D eigenvalue weighted by molar-refractivity contribution is 5.43. The molecule has 0 heterocycles. The van der Waals surface area contributed by atoms with Gasteiger partial charge in [0.2, 0.25) is 0 Å². The molecule has 0 spiro atoms. The van der Waals surface area contributed by atoms with Crippen LogP contribution in [0.2, 0.25) is 0 Å². The van der Waals surface area contributed by atoms with Crippen molar-refractivity contribution in [3.63, 3.8) is 0 Å². The van der Waals surface area contributed by atoms with Gasteiger partial charge in [0.1, 0.15) is 11.9 Å². The number of rotatable bonds is 4. The molecule has 1 aromatic rings. The van der Waals surface area contributed by atoms with Crippen LogP contribution in [0.15, 0.2) is 18.2 Å². The SMILES string of the molecule is C#CC(O)c1ccc(OCCC)c(C(C)(C)C)c1. The second kappa shape index (κ2) is 5.93. The van der Waals surface area contributed by atoms with Gasteiger partial charge >= 0.3 is 0 Å². The Kier molecular flexibility index (Phi) is 4.81. The molecular formula is C16H22O2. The summed E-state index contributed by atoms with van der Waals surface area (Å²) in [6, 6.07) is 5.66. The van der Waals surface area contributed by atoms with E-state index in [1.54, 1.807) is 0 Å². The molecule has 2 heteroatoms. The monoisotopic (exact) mass is 246 g/mol. The summed E-state index contributed by atoms with van der Waals surface area (Å²) in [5.74, 6) is 3.21. The van der Waals surface area contributed by atoms with Crippen LogP contribution in [0.5, 0.6) is 5.75 Å². The van der Waals surface area contributed by atoms with E-state index in [1.165, 1.54) is 0 Å². The van der Waals surface area contributed by atoms with Crippen molar-refractivity contribution in [2.24, 2.45) is 0 Å². The Bertz CT molecular complexity index is 435. The number of aliphatic hydroxyl groups excluding tert-OH is 1. The van der Waals surface area contributed by atoms with Gasteiger partial charge in [0, 0.05) is 0 Å². The smallest absolute Gasteiger partial charge is 0.139 e. The zero-order valence-electron chi connectivity index (χ0n) is 11.7. The predicted molar refractivity (Wildman–Crippen MR) is 74.7 cm³/mol. The third-order valence-corrected chi connectivity index (χ3v) is 2.75. The average Bonchev–Trinajstić information content (AvgIpc) is 2.34. The number of ether oxygens (including phenoxy) is 1. The fourth-order valence-corrected chi connectivity index (χ4v) is 1.74. The molecule has 0 saturated carbocycles. The molecule has 0 aromatic heterocycles. The Morgan fingerprint density at radius 1 is 1.39 bits per heavy atom. The van der Waals surface area contributed by atoms with Crippen LogP contribution in [0.1, 0.15) is 51.3 Å². The first-order valence-electron chi connectivity index (χ1n) is 6.31. The molecule has 1 unspecified atom stereocenters. The van der Waals surface area contributed by atoms with Crippen LogP contribution < -0.4 is 4.74 Å². The maximum Gasteiger partial charge on any atom is 0.139 e. The quantitative estimate of drug-likeness (QED) is 0.825. The molecular weight excluding hydrogens is 224 g/mol. The lowest BCUT2D eigenvalue weighted by Gasteiger charge is -2.24. The molecule has 0 saturated heterocycles. The summed E-state index contributed by atoms with van der Waals surface area (Å²) in [7, 11) is 0. The zero-order chi connectivity index (χ0) is 13.8. The highest BCUT2D eigenvalue weighted by Gasteiger charge is 2.20. The lowest BCUT2D eigenvalue weighted by Crippen LogP contribution is -2.14. The molecule has 0 bridgehead atoms. The van der Waals surface area contributed by atoms with Crippen molar-refractivity contribution >= 4 is 0 Å². The van der Waals surface area contributed by atoms with Gasteiger partial charge in [-0.3, -0.25) is 0 Å². The summed E-state index contributed by atoms with van der Waals surface area (Å²) in [5, 5.41) is 9.71. The Morgan fingerprint density at radius 2 is 2.06 bits per heavy atom. The number of hydrogen-bond donors (Lipinski definition) is 1. The second-order valence-corrected chi connectivity index (χ2v) is 5.42. The van der Waals surface area contributed by atoms with Crippen molar-refractivity contribution < 1.29 is 9.84 Å². The van der Waals surface area contributed by atoms with Gasteiger partial charge in [-0.2, -0.15) is 0 Å². The predicted octanol–water partition coefficient (Wildman–Crippen LogP) is 3.44. The highest BCUT2D eigenvalue weighted by Crippen LogP contribution is 2.33. The van der Waals surface area contributed by atoms with Crippen molar-refractivity contribution in [2.75, 3.05) is 6.61 Å². The van der Waals surface area contributed by atoms with E-state index in [0.717, 1.165) is 23.3 Å². The molecule has 1 rings (SSSR count). The molecule has 98 valence electrons. The molecule has 1 N–H and O–H groups in total. The number of aliphatic hydroxyl groups is 1.